The van der Waals surface area contributed by atoms with Gasteiger partial charge < -0.3 is 9.84 Å². The van der Waals surface area contributed by atoms with Crippen LogP contribution in [0.2, 0.25) is 0 Å². The zero-order chi connectivity index (χ0) is 12.9. The fraction of sp³-hybridized carbons (Fsp3) is 0.500. The van der Waals surface area contributed by atoms with Crippen molar-refractivity contribution in [1.29, 1.82) is 0 Å². The zero-order valence-corrected chi connectivity index (χ0v) is 9.50. The number of halogens is 3. The van der Waals surface area contributed by atoms with Crippen LogP contribution < -0.4 is 4.74 Å². The van der Waals surface area contributed by atoms with Crippen LogP contribution in [0.15, 0.2) is 24.3 Å². The van der Waals surface area contributed by atoms with Crippen molar-refractivity contribution in [2.75, 3.05) is 0 Å². The molecule has 0 radical (unpaired) electrons. The second kappa shape index (κ2) is 5.91. The molecule has 0 fully saturated rings. The molecule has 17 heavy (non-hydrogen) atoms. The third-order valence-corrected chi connectivity index (χ3v) is 2.42. The van der Waals surface area contributed by atoms with Gasteiger partial charge in [-0.15, -0.1) is 13.2 Å². The molecule has 2 nitrogen and oxygen atoms in total. The van der Waals surface area contributed by atoms with E-state index in [4.69, 9.17) is 0 Å². The van der Waals surface area contributed by atoms with Gasteiger partial charge in [0.2, 0.25) is 0 Å². The van der Waals surface area contributed by atoms with Gasteiger partial charge in [-0.2, -0.15) is 0 Å². The Labute approximate surface area is 98.0 Å². The lowest BCUT2D eigenvalue weighted by Crippen LogP contribution is -2.18. The van der Waals surface area contributed by atoms with Gasteiger partial charge in [-0.25, -0.2) is 0 Å². The molecule has 0 saturated heterocycles. The Kier molecular flexibility index (Phi) is 4.81. The summed E-state index contributed by atoms with van der Waals surface area (Å²) in [6.07, 6.45) is -3.80. The van der Waals surface area contributed by atoms with Crippen LogP contribution in [0.3, 0.4) is 0 Å². The van der Waals surface area contributed by atoms with E-state index in [9.17, 15) is 18.3 Å². The average Bonchev–Trinajstić information content (AvgIpc) is 2.25. The third-order valence-electron chi connectivity index (χ3n) is 2.42. The molecular formula is C12H15F3O2. The van der Waals surface area contributed by atoms with Crippen LogP contribution in [-0.2, 0) is 6.42 Å². The molecule has 1 unspecified atom stereocenters. The zero-order valence-electron chi connectivity index (χ0n) is 9.50. The van der Waals surface area contributed by atoms with Crippen molar-refractivity contribution in [1.82, 2.24) is 0 Å². The summed E-state index contributed by atoms with van der Waals surface area (Å²) in [6.45, 7) is 1.82. The first-order chi connectivity index (χ1) is 7.92. The molecule has 0 heterocycles. The van der Waals surface area contributed by atoms with E-state index in [1.54, 1.807) is 12.1 Å². The fourth-order valence-corrected chi connectivity index (χ4v) is 1.46. The van der Waals surface area contributed by atoms with E-state index in [1.807, 2.05) is 6.92 Å². The van der Waals surface area contributed by atoms with E-state index < -0.39 is 12.5 Å². The predicted octanol–water partition coefficient (Wildman–Crippen LogP) is 3.29. The molecule has 0 spiro atoms. The van der Waals surface area contributed by atoms with Crippen molar-refractivity contribution >= 4 is 0 Å². The molecule has 0 aliphatic heterocycles. The van der Waals surface area contributed by atoms with Crippen LogP contribution >= 0.6 is 0 Å². The number of benzene rings is 1. The van der Waals surface area contributed by atoms with Gasteiger partial charge in [-0.05, 0) is 30.9 Å². The molecule has 5 heteroatoms. The van der Waals surface area contributed by atoms with Crippen molar-refractivity contribution in [3.8, 4) is 5.75 Å². The molecule has 1 N–H and O–H groups in total. The molecule has 1 atom stereocenters. The number of hydrogen-bond donors (Lipinski definition) is 1. The first-order valence-corrected chi connectivity index (χ1v) is 5.44. The summed E-state index contributed by atoms with van der Waals surface area (Å²) in [5, 5.41) is 9.38. The lowest BCUT2D eigenvalue weighted by atomic mass is 10.0. The van der Waals surface area contributed by atoms with Crippen LogP contribution in [0.1, 0.15) is 25.3 Å². The molecule has 0 aliphatic rings. The predicted molar refractivity (Wildman–Crippen MR) is 57.7 cm³/mol. The minimum Gasteiger partial charge on any atom is -0.406 e. The van der Waals surface area contributed by atoms with Crippen molar-refractivity contribution in [3.63, 3.8) is 0 Å². The molecule has 1 aromatic carbocycles. The average molecular weight is 248 g/mol. The maximum atomic E-state index is 12.1. The maximum Gasteiger partial charge on any atom is 0.573 e. The Bertz CT molecular complexity index is 350. The van der Waals surface area contributed by atoms with Gasteiger partial charge in [0, 0.05) is 0 Å². The Morgan fingerprint density at radius 2 is 1.94 bits per heavy atom. The van der Waals surface area contributed by atoms with Gasteiger partial charge in [0.25, 0.3) is 0 Å². The van der Waals surface area contributed by atoms with Gasteiger partial charge in [0.05, 0.1) is 6.10 Å². The fourth-order valence-electron chi connectivity index (χ4n) is 1.46. The molecule has 0 aromatic heterocycles. The lowest BCUT2D eigenvalue weighted by Gasteiger charge is -2.14. The number of hydrogen-bond acceptors (Lipinski definition) is 2. The highest BCUT2D eigenvalue weighted by molar-refractivity contribution is 5.33. The molecule has 96 valence electrons. The smallest absolute Gasteiger partial charge is 0.406 e. The summed E-state index contributed by atoms with van der Waals surface area (Å²) < 4.78 is 40.3. The largest absolute Gasteiger partial charge is 0.573 e. The van der Waals surface area contributed by atoms with Crippen LogP contribution in [0.25, 0.3) is 0 Å². The summed E-state index contributed by atoms with van der Waals surface area (Å²) in [7, 11) is 0. The van der Waals surface area contributed by atoms with Crippen molar-refractivity contribution in [3.05, 3.63) is 29.8 Å². The Morgan fingerprint density at radius 3 is 2.53 bits per heavy atom. The van der Waals surface area contributed by atoms with Crippen molar-refractivity contribution in [2.45, 2.75) is 38.7 Å². The number of rotatable bonds is 5. The van der Waals surface area contributed by atoms with E-state index >= 15 is 0 Å². The highest BCUT2D eigenvalue weighted by Gasteiger charge is 2.31. The topological polar surface area (TPSA) is 29.5 Å². The van der Waals surface area contributed by atoms with Gasteiger partial charge in [0.15, 0.2) is 0 Å². The van der Waals surface area contributed by atoms with Crippen LogP contribution in [0, 0.1) is 0 Å². The number of aryl methyl sites for hydroxylation is 1. The summed E-state index contributed by atoms with van der Waals surface area (Å²) in [5.74, 6) is -0.191. The Hall–Kier alpha value is -1.23. The van der Waals surface area contributed by atoms with Crippen LogP contribution in [0.4, 0.5) is 13.2 Å². The van der Waals surface area contributed by atoms with Gasteiger partial charge in [0.1, 0.15) is 5.75 Å². The Morgan fingerprint density at radius 1 is 1.29 bits per heavy atom. The number of para-hydroxylation sites is 1. The summed E-state index contributed by atoms with van der Waals surface area (Å²) >= 11 is 0. The molecule has 0 aliphatic carbocycles. The summed E-state index contributed by atoms with van der Waals surface area (Å²) in [6, 6.07) is 5.99. The summed E-state index contributed by atoms with van der Waals surface area (Å²) in [5.41, 5.74) is 0.456. The van der Waals surface area contributed by atoms with Gasteiger partial charge in [-0.3, -0.25) is 0 Å². The first kappa shape index (κ1) is 13.8. The Balaban J connectivity index is 2.71. The number of aliphatic hydroxyl groups excluding tert-OH is 1. The van der Waals surface area contributed by atoms with E-state index in [0.29, 0.717) is 24.8 Å². The molecule has 1 aromatic rings. The first-order valence-electron chi connectivity index (χ1n) is 5.44. The maximum absolute atomic E-state index is 12.1. The van der Waals surface area contributed by atoms with E-state index in [0.717, 1.165) is 0 Å². The molecule has 0 amide bonds. The monoisotopic (exact) mass is 248 g/mol. The van der Waals surface area contributed by atoms with Crippen molar-refractivity contribution in [2.24, 2.45) is 0 Å². The molecule has 0 bridgehead atoms. The second-order valence-corrected chi connectivity index (χ2v) is 3.76. The number of ether oxygens (including phenoxy) is 1. The SMILES string of the molecule is CCC(O)CCc1ccccc1OC(F)(F)F. The van der Waals surface area contributed by atoms with Crippen molar-refractivity contribution < 1.29 is 23.0 Å². The second-order valence-electron chi connectivity index (χ2n) is 3.76. The number of alkyl halides is 3. The van der Waals surface area contributed by atoms with E-state index in [2.05, 4.69) is 4.74 Å². The lowest BCUT2D eigenvalue weighted by molar-refractivity contribution is -0.274. The molecule has 1 rings (SSSR count). The standard InChI is InChI=1S/C12H15F3O2/c1-2-10(16)8-7-9-5-3-4-6-11(9)17-12(13,14)15/h3-6,10,16H,2,7-8H2,1H3. The normalized spacial score (nSPS) is 13.5. The van der Waals surface area contributed by atoms with E-state index in [1.165, 1.54) is 12.1 Å². The molecule has 0 saturated carbocycles. The van der Waals surface area contributed by atoms with Gasteiger partial charge >= 0.3 is 6.36 Å². The third kappa shape index (κ3) is 5.08. The number of aliphatic hydroxyl groups is 1. The molecular weight excluding hydrogens is 233 g/mol. The summed E-state index contributed by atoms with van der Waals surface area (Å²) in [4.78, 5) is 0. The highest BCUT2D eigenvalue weighted by atomic mass is 19.4. The minimum absolute atomic E-state index is 0.191. The minimum atomic E-state index is -4.68. The quantitative estimate of drug-likeness (QED) is 0.866. The highest BCUT2D eigenvalue weighted by Crippen LogP contribution is 2.27. The van der Waals surface area contributed by atoms with Crippen LogP contribution in [0.5, 0.6) is 5.75 Å². The van der Waals surface area contributed by atoms with Gasteiger partial charge in [-0.1, -0.05) is 25.1 Å². The van der Waals surface area contributed by atoms with Crippen LogP contribution in [-0.4, -0.2) is 17.6 Å². The van der Waals surface area contributed by atoms with E-state index in [-0.39, 0.29) is 5.75 Å².